The van der Waals surface area contributed by atoms with Crippen LogP contribution in [0, 0.1) is 18.8 Å². The molecule has 2 nitrogen and oxygen atoms in total. The number of carbonyl (C=O) groups is 1. The molecular formula is C40H69NOS2. The monoisotopic (exact) mass is 643 g/mol. The molecule has 2 aliphatic rings. The number of fused-ring (bicyclic) bond motifs is 1. The number of hydrogen-bond donors (Lipinski definition) is 3. The molecule has 1 amide bonds. The van der Waals surface area contributed by atoms with Gasteiger partial charge in [0.05, 0.1) is 0 Å². The molecule has 0 aromatic heterocycles. The molecule has 4 rings (SSSR count). The molecule has 2 aliphatic carbocycles. The molecule has 0 bridgehead atoms. The molecule has 0 saturated heterocycles. The highest BCUT2D eigenvalue weighted by Gasteiger charge is 2.14. The molecule has 1 saturated carbocycles. The third-order valence-electron chi connectivity index (χ3n) is 8.08. The molecule has 2 aromatic carbocycles. The second-order valence-corrected chi connectivity index (χ2v) is 12.0. The number of thiol groups is 2. The first-order valence-electron chi connectivity index (χ1n) is 17.5. The van der Waals surface area contributed by atoms with Crippen molar-refractivity contribution in [3.8, 4) is 0 Å². The van der Waals surface area contributed by atoms with Crippen molar-refractivity contribution in [3.05, 3.63) is 76.9 Å². The molecule has 0 spiro atoms. The lowest BCUT2D eigenvalue weighted by molar-refractivity contribution is -0.121. The lowest BCUT2D eigenvalue weighted by atomic mass is 9.84. The van der Waals surface area contributed by atoms with Crippen LogP contribution in [0.3, 0.4) is 0 Å². The molecular weight excluding hydrogens is 575 g/mol. The molecule has 0 heterocycles. The number of amides is 1. The normalized spacial score (nSPS) is 14.6. The fraction of sp³-hybridized carbons (Fsp3) is 0.625. The van der Waals surface area contributed by atoms with Gasteiger partial charge in [0.15, 0.2) is 0 Å². The zero-order valence-corrected chi connectivity index (χ0v) is 31.9. The van der Waals surface area contributed by atoms with Gasteiger partial charge in [0.1, 0.15) is 0 Å². The number of aryl methyl sites for hydroxylation is 3. The summed E-state index contributed by atoms with van der Waals surface area (Å²) in [6.45, 7) is 23.8. The van der Waals surface area contributed by atoms with Gasteiger partial charge in [0.25, 0.3) is 0 Å². The number of benzene rings is 2. The summed E-state index contributed by atoms with van der Waals surface area (Å²) in [7, 11) is 0. The summed E-state index contributed by atoms with van der Waals surface area (Å²) in [6, 6.07) is 15.4. The Morgan fingerprint density at radius 2 is 1.52 bits per heavy atom. The van der Waals surface area contributed by atoms with Crippen molar-refractivity contribution in [3.63, 3.8) is 0 Å². The van der Waals surface area contributed by atoms with Crippen LogP contribution in [0.2, 0.25) is 0 Å². The minimum Gasteiger partial charge on any atom is -0.356 e. The van der Waals surface area contributed by atoms with E-state index in [4.69, 9.17) is 0 Å². The van der Waals surface area contributed by atoms with E-state index in [1.165, 1.54) is 74.5 Å². The van der Waals surface area contributed by atoms with E-state index in [0.717, 1.165) is 43.2 Å². The lowest BCUT2D eigenvalue weighted by Crippen LogP contribution is -2.23. The molecule has 2 aromatic rings. The van der Waals surface area contributed by atoms with Crippen LogP contribution in [0.5, 0.6) is 0 Å². The summed E-state index contributed by atoms with van der Waals surface area (Å²) in [6.07, 6.45) is 16.4. The van der Waals surface area contributed by atoms with Crippen LogP contribution in [0.25, 0.3) is 5.57 Å². The minimum atomic E-state index is 0.198. The van der Waals surface area contributed by atoms with Crippen LogP contribution in [0.4, 0.5) is 0 Å². The number of carbonyl (C=O) groups excluding carboxylic acids is 1. The molecule has 0 aliphatic heterocycles. The first-order chi connectivity index (χ1) is 21.2. The minimum absolute atomic E-state index is 0.198. The van der Waals surface area contributed by atoms with Crippen molar-refractivity contribution in [1.29, 1.82) is 0 Å². The van der Waals surface area contributed by atoms with Crippen LogP contribution < -0.4 is 5.32 Å². The standard InChI is InChI=1S/C13H18.C10H12.C8H17NO.C7H14.C2H6.H2S2/c1-3-11-5-7-12-8-10(2)4-6-13(12)9-11;1-8(2)10-6-4-9(3)5-7-10;1-3-5-6-8(10)9-7-4-2;1-2-7-5-3-4-6-7;2*1-2/h5,7,9-10H,3-4,6,8H2,1-2H3;4-7H,1H2,2-3H3;3-7H2,1-2H3,(H,9,10);7H,2-6H2,1H3;1-2H3;1-2H. The Bertz CT molecular complexity index is 954. The largest absolute Gasteiger partial charge is 0.356 e. The van der Waals surface area contributed by atoms with Crippen LogP contribution >= 0.6 is 23.3 Å². The SMILES string of the molecule is C=C(C)c1ccc(C)cc1.CC.CCC1CCCC1.CCCCC(=O)NCCC.CCc1ccc2c(c1)CCC(C)C2.SS. The summed E-state index contributed by atoms with van der Waals surface area (Å²) in [4.78, 5) is 10.8. The average Bonchev–Trinajstić information content (AvgIpc) is 3.60. The van der Waals surface area contributed by atoms with Gasteiger partial charge in [-0.2, -0.15) is 0 Å². The lowest BCUT2D eigenvalue weighted by Gasteiger charge is -2.21. The second kappa shape index (κ2) is 30.0. The Labute approximate surface area is 284 Å². The van der Waals surface area contributed by atoms with E-state index in [1.54, 1.807) is 11.1 Å². The number of allylic oxidation sites excluding steroid dienone is 1. The van der Waals surface area contributed by atoms with E-state index >= 15 is 0 Å². The maximum absolute atomic E-state index is 10.8. The zero-order valence-electron chi connectivity index (χ0n) is 30.1. The van der Waals surface area contributed by atoms with Crippen LogP contribution in [0.1, 0.15) is 147 Å². The van der Waals surface area contributed by atoms with Crippen molar-refractivity contribution < 1.29 is 4.79 Å². The molecule has 4 heteroatoms. The van der Waals surface area contributed by atoms with Crippen molar-refractivity contribution in [2.24, 2.45) is 11.8 Å². The molecule has 44 heavy (non-hydrogen) atoms. The molecule has 1 unspecified atom stereocenters. The third-order valence-corrected chi connectivity index (χ3v) is 8.08. The van der Waals surface area contributed by atoms with Crippen molar-refractivity contribution in [1.82, 2.24) is 5.32 Å². The molecule has 0 radical (unpaired) electrons. The van der Waals surface area contributed by atoms with Gasteiger partial charge < -0.3 is 5.32 Å². The van der Waals surface area contributed by atoms with Crippen molar-refractivity contribution in [2.75, 3.05) is 6.54 Å². The average molecular weight is 644 g/mol. The Hall–Kier alpha value is -1.65. The van der Waals surface area contributed by atoms with Gasteiger partial charge in [0.2, 0.25) is 5.91 Å². The van der Waals surface area contributed by atoms with Crippen LogP contribution in [-0.2, 0) is 24.1 Å². The maximum atomic E-state index is 10.8. The Balaban J connectivity index is 0. The van der Waals surface area contributed by atoms with E-state index in [0.29, 0.717) is 6.42 Å². The van der Waals surface area contributed by atoms with Gasteiger partial charge in [0, 0.05) is 13.0 Å². The predicted octanol–water partition coefficient (Wildman–Crippen LogP) is 12.5. The van der Waals surface area contributed by atoms with Gasteiger partial charge in [-0.1, -0.05) is 147 Å². The fourth-order valence-electron chi connectivity index (χ4n) is 5.16. The first-order valence-corrected chi connectivity index (χ1v) is 19.1. The zero-order chi connectivity index (χ0) is 33.8. The van der Waals surface area contributed by atoms with E-state index in [2.05, 4.69) is 119 Å². The van der Waals surface area contributed by atoms with Gasteiger partial charge in [-0.05, 0) is 86.5 Å². The highest BCUT2D eigenvalue weighted by atomic mass is 33.1. The second-order valence-electron chi connectivity index (χ2n) is 12.0. The van der Waals surface area contributed by atoms with Gasteiger partial charge in [-0.25, -0.2) is 0 Å². The Morgan fingerprint density at radius 1 is 0.909 bits per heavy atom. The quantitative estimate of drug-likeness (QED) is 0.194. The molecule has 1 fully saturated rings. The first kappa shape index (κ1) is 44.5. The molecule has 1 atom stereocenters. The van der Waals surface area contributed by atoms with Crippen LogP contribution in [0.15, 0.2) is 49.0 Å². The molecule has 1 N–H and O–H groups in total. The van der Waals surface area contributed by atoms with Gasteiger partial charge >= 0.3 is 0 Å². The summed E-state index contributed by atoms with van der Waals surface area (Å²) >= 11 is 6.44. The Morgan fingerprint density at radius 3 is 2.00 bits per heavy atom. The topological polar surface area (TPSA) is 29.1 Å². The summed E-state index contributed by atoms with van der Waals surface area (Å²) in [5, 5.41) is 2.83. The summed E-state index contributed by atoms with van der Waals surface area (Å²) < 4.78 is 0. The van der Waals surface area contributed by atoms with Crippen LogP contribution in [-0.4, -0.2) is 12.5 Å². The fourth-order valence-corrected chi connectivity index (χ4v) is 5.16. The van der Waals surface area contributed by atoms with Gasteiger partial charge in [-0.15, -0.1) is 23.3 Å². The van der Waals surface area contributed by atoms with Crippen molar-refractivity contribution >= 4 is 34.8 Å². The smallest absolute Gasteiger partial charge is 0.219 e. The van der Waals surface area contributed by atoms with E-state index in [1.807, 2.05) is 20.8 Å². The number of rotatable bonds is 8. The number of nitrogens with one attached hydrogen (secondary N) is 1. The predicted molar refractivity (Wildman–Crippen MR) is 207 cm³/mol. The van der Waals surface area contributed by atoms with E-state index in [9.17, 15) is 4.79 Å². The summed E-state index contributed by atoms with van der Waals surface area (Å²) in [5.41, 5.74) is 8.34. The van der Waals surface area contributed by atoms with E-state index < -0.39 is 0 Å². The highest BCUT2D eigenvalue weighted by Crippen LogP contribution is 2.27. The summed E-state index contributed by atoms with van der Waals surface area (Å²) in [5.74, 6) is 2.18. The number of hydrogen-bond acceptors (Lipinski definition) is 3. The van der Waals surface area contributed by atoms with E-state index in [-0.39, 0.29) is 5.91 Å². The van der Waals surface area contributed by atoms with Gasteiger partial charge in [-0.3, -0.25) is 4.79 Å². The number of unbranched alkanes of at least 4 members (excludes halogenated alkanes) is 1. The molecule has 252 valence electrons. The Kier molecular flexibility index (Phi) is 30.4. The van der Waals surface area contributed by atoms with Crippen molar-refractivity contribution in [2.45, 2.75) is 146 Å². The highest BCUT2D eigenvalue weighted by molar-refractivity contribution is 8.59. The maximum Gasteiger partial charge on any atom is 0.219 e. The third kappa shape index (κ3) is 22.0.